The van der Waals surface area contributed by atoms with Crippen molar-refractivity contribution in [2.75, 3.05) is 23.8 Å². The van der Waals surface area contributed by atoms with Crippen LogP contribution in [0, 0.1) is 5.82 Å². The van der Waals surface area contributed by atoms with E-state index in [1.165, 1.54) is 0 Å². The summed E-state index contributed by atoms with van der Waals surface area (Å²) in [7, 11) is 3.16. The molecule has 9 heteroatoms. The monoisotopic (exact) mass is 458 g/mol. The maximum Gasteiger partial charge on any atom is 0.497 e. The van der Waals surface area contributed by atoms with Crippen LogP contribution in [0.5, 0.6) is 0 Å². The number of amides is 1. The number of carbonyl (C=O) groups excluding carboxylic acids is 1. The second kappa shape index (κ2) is 8.76. The Balaban J connectivity index is 0.000000205. The van der Waals surface area contributed by atoms with Gasteiger partial charge in [-0.15, -0.1) is 0 Å². The Morgan fingerprint density at radius 2 is 1.76 bits per heavy atom. The van der Waals surface area contributed by atoms with Gasteiger partial charge in [0.1, 0.15) is 11.6 Å². The lowest BCUT2D eigenvalue weighted by molar-refractivity contribution is -0.105. The molecule has 2 aliphatic heterocycles. The largest absolute Gasteiger partial charge is 0.497 e. The number of nitrogens with one attached hydrogen (secondary N) is 1. The highest BCUT2D eigenvalue weighted by Crippen LogP contribution is 2.37. The molecule has 180 valence electrons. The minimum atomic E-state index is -0.629. The fourth-order valence-corrected chi connectivity index (χ4v) is 3.81. The van der Waals surface area contributed by atoms with Gasteiger partial charge in [-0.1, -0.05) is 26.8 Å². The van der Waals surface area contributed by atoms with Crippen molar-refractivity contribution in [3.05, 3.63) is 35.3 Å². The van der Waals surface area contributed by atoms with E-state index in [4.69, 9.17) is 9.31 Å². The van der Waals surface area contributed by atoms with Gasteiger partial charge in [0.25, 0.3) is 0 Å². The van der Waals surface area contributed by atoms with Gasteiger partial charge in [0.2, 0.25) is 6.41 Å². The average molecular weight is 458 g/mol. The van der Waals surface area contributed by atoms with E-state index in [-0.39, 0.29) is 11.2 Å². The zero-order valence-corrected chi connectivity index (χ0v) is 21.2. The Morgan fingerprint density at radius 1 is 1.15 bits per heavy atom. The van der Waals surface area contributed by atoms with E-state index in [9.17, 15) is 9.18 Å². The number of halogens is 1. The Hall–Kier alpha value is -2.39. The van der Waals surface area contributed by atoms with Gasteiger partial charge in [0, 0.05) is 48.8 Å². The van der Waals surface area contributed by atoms with Gasteiger partial charge in [0.05, 0.1) is 16.9 Å². The third-order valence-electron chi connectivity index (χ3n) is 6.72. The first-order valence-electron chi connectivity index (χ1n) is 11.3. The minimum absolute atomic E-state index is 0.0145. The maximum atomic E-state index is 14.7. The molecule has 1 saturated heterocycles. The van der Waals surface area contributed by atoms with Crippen molar-refractivity contribution < 1.29 is 18.5 Å². The normalized spacial score (nSPS) is 18.6. The standard InChI is InChI=1S/C15H21BFNO2.C9H15N3O/c1-14(2)15(3,4)20-16(19-14)11-6-7-12-10(13(11)17)8-9-18(12)5;1-9(2,3)7-5-8(10-6-13)12(4)11-7/h6-7H,8-9H2,1-5H3;5-6H,1-4H3,(H,10,13). The molecule has 3 heterocycles. The van der Waals surface area contributed by atoms with Crippen LogP contribution in [0.4, 0.5) is 15.9 Å². The number of rotatable bonds is 3. The highest BCUT2D eigenvalue weighted by atomic mass is 19.1. The van der Waals surface area contributed by atoms with E-state index in [0.717, 1.165) is 35.7 Å². The van der Waals surface area contributed by atoms with Crippen LogP contribution in [0.2, 0.25) is 0 Å². The lowest BCUT2D eigenvalue weighted by Gasteiger charge is -2.32. The number of fused-ring (bicyclic) bond motifs is 1. The number of anilines is 2. The number of hydrogen-bond acceptors (Lipinski definition) is 5. The first kappa shape index (κ1) is 25.2. The quantitative estimate of drug-likeness (QED) is 0.564. The predicted molar refractivity (Wildman–Crippen MR) is 131 cm³/mol. The molecule has 0 bridgehead atoms. The van der Waals surface area contributed by atoms with Gasteiger partial charge in [-0.25, -0.2) is 4.39 Å². The minimum Gasteiger partial charge on any atom is -0.399 e. The molecule has 1 aromatic heterocycles. The average Bonchev–Trinajstić information content (AvgIpc) is 3.31. The molecule has 4 rings (SSSR count). The summed E-state index contributed by atoms with van der Waals surface area (Å²) in [5, 5.41) is 6.88. The molecule has 0 radical (unpaired) electrons. The van der Waals surface area contributed by atoms with E-state index in [2.05, 4.69) is 36.1 Å². The third kappa shape index (κ3) is 4.94. The van der Waals surface area contributed by atoms with Crippen molar-refractivity contribution in [3.8, 4) is 0 Å². The lowest BCUT2D eigenvalue weighted by atomic mass is 9.77. The van der Waals surface area contributed by atoms with E-state index in [1.807, 2.05) is 46.9 Å². The fraction of sp³-hybridized carbons (Fsp3) is 0.583. The predicted octanol–water partition coefficient (Wildman–Crippen LogP) is 3.40. The zero-order chi connectivity index (χ0) is 24.8. The summed E-state index contributed by atoms with van der Waals surface area (Å²) < 4.78 is 28.3. The summed E-state index contributed by atoms with van der Waals surface area (Å²) in [6, 6.07) is 5.64. The summed E-state index contributed by atoms with van der Waals surface area (Å²) in [6.07, 6.45) is 1.40. The highest BCUT2D eigenvalue weighted by molar-refractivity contribution is 6.62. The van der Waals surface area contributed by atoms with Gasteiger partial charge >= 0.3 is 7.12 Å². The maximum absolute atomic E-state index is 14.7. The van der Waals surface area contributed by atoms with Gasteiger partial charge in [-0.2, -0.15) is 5.10 Å². The number of hydrogen-bond donors (Lipinski definition) is 1. The third-order valence-corrected chi connectivity index (χ3v) is 6.72. The summed E-state index contributed by atoms with van der Waals surface area (Å²) in [5.74, 6) is 0.547. The smallest absolute Gasteiger partial charge is 0.399 e. The Bertz CT molecular complexity index is 1010. The molecule has 0 saturated carbocycles. The van der Waals surface area contributed by atoms with Crippen LogP contribution in [0.25, 0.3) is 0 Å². The van der Waals surface area contributed by atoms with Gasteiger partial charge < -0.3 is 19.5 Å². The molecule has 2 aromatic rings. The van der Waals surface area contributed by atoms with Crippen molar-refractivity contribution >= 4 is 30.5 Å². The lowest BCUT2D eigenvalue weighted by Crippen LogP contribution is -2.41. The molecular weight excluding hydrogens is 422 g/mol. The molecule has 33 heavy (non-hydrogen) atoms. The molecule has 0 spiro atoms. The van der Waals surface area contributed by atoms with Crippen molar-refractivity contribution in [1.29, 1.82) is 0 Å². The van der Waals surface area contributed by atoms with Crippen molar-refractivity contribution in [2.24, 2.45) is 7.05 Å². The molecule has 1 fully saturated rings. The fourth-order valence-electron chi connectivity index (χ4n) is 3.81. The molecular formula is C24H36BFN4O3. The molecule has 7 nitrogen and oxygen atoms in total. The highest BCUT2D eigenvalue weighted by Gasteiger charge is 2.52. The van der Waals surface area contributed by atoms with E-state index in [1.54, 1.807) is 17.8 Å². The Labute approximate surface area is 196 Å². The Kier molecular flexibility index (Phi) is 6.70. The van der Waals surface area contributed by atoms with Crippen LogP contribution in [-0.2, 0) is 33.0 Å². The SMILES string of the molecule is CN1CCc2c1ccc(B1OC(C)(C)C(C)(C)O1)c2F.Cn1nc(C(C)(C)C)cc1NC=O. The molecule has 0 atom stereocenters. The van der Waals surface area contributed by atoms with Crippen LogP contribution >= 0.6 is 0 Å². The summed E-state index contributed by atoms with van der Waals surface area (Å²) in [4.78, 5) is 12.3. The summed E-state index contributed by atoms with van der Waals surface area (Å²) >= 11 is 0. The topological polar surface area (TPSA) is 68.6 Å². The van der Waals surface area contributed by atoms with Crippen LogP contribution in [0.15, 0.2) is 18.2 Å². The van der Waals surface area contributed by atoms with Crippen molar-refractivity contribution in [3.63, 3.8) is 0 Å². The zero-order valence-electron chi connectivity index (χ0n) is 21.2. The number of aryl methyl sites for hydroxylation is 1. The molecule has 1 amide bonds. The number of benzene rings is 1. The first-order chi connectivity index (χ1) is 15.2. The van der Waals surface area contributed by atoms with Crippen LogP contribution < -0.4 is 15.7 Å². The molecule has 0 unspecified atom stereocenters. The van der Waals surface area contributed by atoms with Gasteiger partial charge in [0.15, 0.2) is 0 Å². The van der Waals surface area contributed by atoms with Crippen molar-refractivity contribution in [2.45, 2.75) is 71.5 Å². The van der Waals surface area contributed by atoms with Crippen molar-refractivity contribution in [1.82, 2.24) is 9.78 Å². The van der Waals surface area contributed by atoms with Crippen LogP contribution in [-0.4, -0.2) is 48.1 Å². The molecule has 0 aliphatic carbocycles. The number of carbonyl (C=O) groups is 1. The second-order valence-electron chi connectivity index (χ2n) is 10.8. The summed E-state index contributed by atoms with van der Waals surface area (Å²) in [6.45, 7) is 15.0. The van der Waals surface area contributed by atoms with E-state index >= 15 is 0 Å². The molecule has 2 aliphatic rings. The molecule has 1 aromatic carbocycles. The summed E-state index contributed by atoms with van der Waals surface area (Å²) in [5.41, 5.74) is 2.36. The number of aromatic nitrogens is 2. The van der Waals surface area contributed by atoms with E-state index < -0.39 is 18.3 Å². The number of nitrogens with zero attached hydrogens (tertiary/aromatic N) is 3. The molecule has 1 N–H and O–H groups in total. The first-order valence-corrected chi connectivity index (χ1v) is 11.3. The van der Waals surface area contributed by atoms with Gasteiger partial charge in [-0.05, 0) is 40.2 Å². The second-order valence-corrected chi connectivity index (χ2v) is 10.8. The Morgan fingerprint density at radius 3 is 2.27 bits per heavy atom. The number of likely N-dealkylation sites (N-methyl/N-ethyl adjacent to an activating group) is 1. The van der Waals surface area contributed by atoms with Crippen LogP contribution in [0.1, 0.15) is 59.7 Å². The van der Waals surface area contributed by atoms with E-state index in [0.29, 0.717) is 11.9 Å². The van der Waals surface area contributed by atoms with Crippen LogP contribution in [0.3, 0.4) is 0 Å². The van der Waals surface area contributed by atoms with Gasteiger partial charge in [-0.3, -0.25) is 9.48 Å².